The van der Waals surface area contributed by atoms with Crippen molar-refractivity contribution in [3.63, 3.8) is 0 Å². The zero-order valence-corrected chi connectivity index (χ0v) is 17.5. The van der Waals surface area contributed by atoms with E-state index in [4.69, 9.17) is 4.74 Å². The molecule has 5 rings (SSSR count). The Kier molecular flexibility index (Phi) is 3.84. The van der Waals surface area contributed by atoms with E-state index in [2.05, 4.69) is 13.8 Å². The van der Waals surface area contributed by atoms with Gasteiger partial charge in [0.25, 0.3) is 0 Å². The van der Waals surface area contributed by atoms with Crippen LogP contribution in [0.3, 0.4) is 0 Å². The molecule has 0 aromatic rings. The first-order valence-electron chi connectivity index (χ1n) is 11.2. The van der Waals surface area contributed by atoms with Gasteiger partial charge in [0, 0.05) is 18.3 Å². The van der Waals surface area contributed by atoms with Crippen LogP contribution in [0.1, 0.15) is 66.2 Å². The van der Waals surface area contributed by atoms with Crippen LogP contribution in [0.2, 0.25) is 0 Å². The number of carbonyl (C=O) groups excluding carboxylic acids is 3. The summed E-state index contributed by atoms with van der Waals surface area (Å²) in [5.41, 5.74) is 0.211. The second-order valence-electron chi connectivity index (χ2n) is 10.6. The van der Waals surface area contributed by atoms with E-state index in [1.165, 1.54) is 12.5 Å². The van der Waals surface area contributed by atoms with Gasteiger partial charge in [0.2, 0.25) is 0 Å². The molecule has 0 spiro atoms. The highest BCUT2D eigenvalue weighted by atomic mass is 16.6. The lowest BCUT2D eigenvalue weighted by atomic mass is 9.48. The molecular weight excluding hydrogens is 352 g/mol. The number of hydrogen-bond donors (Lipinski definition) is 0. The third-order valence-electron chi connectivity index (χ3n) is 9.52. The monoisotopic (exact) mass is 384 g/mol. The molecule has 4 nitrogen and oxygen atoms in total. The fourth-order valence-electron chi connectivity index (χ4n) is 8.30. The Labute approximate surface area is 167 Å². The predicted molar refractivity (Wildman–Crippen MR) is 104 cm³/mol. The first-order chi connectivity index (χ1) is 13.2. The first-order valence-corrected chi connectivity index (χ1v) is 11.2. The number of ketones is 2. The molecule has 0 radical (unpaired) electrons. The molecule has 0 aromatic heterocycles. The predicted octanol–water partition coefficient (Wildman–Crippen LogP) is 4.12. The third-order valence-corrected chi connectivity index (χ3v) is 9.52. The standard InChI is InChI=1S/C24H32O4/c1-12-9-17-15(22-16(12)11-21(27)18-10-19(18)22)5-7-23(4)20(17)6-8-24(23,13(2)25)28-14(3)26/h11-12,15,17-20,22H,5-10H2,1-4H3/t12-,15-,17+,18+,19-,20-,22+,23-,24-/m0/s1. The lowest BCUT2D eigenvalue weighted by molar-refractivity contribution is -0.186. The molecule has 0 aromatic carbocycles. The van der Waals surface area contributed by atoms with E-state index in [1.807, 2.05) is 6.08 Å². The van der Waals surface area contributed by atoms with E-state index >= 15 is 0 Å². The molecule has 4 heteroatoms. The van der Waals surface area contributed by atoms with Gasteiger partial charge in [-0.15, -0.1) is 0 Å². The zero-order valence-electron chi connectivity index (χ0n) is 17.5. The van der Waals surface area contributed by atoms with Gasteiger partial charge < -0.3 is 4.74 Å². The Bertz CT molecular complexity index is 796. The Morgan fingerprint density at radius 1 is 1.07 bits per heavy atom. The van der Waals surface area contributed by atoms with Crippen molar-refractivity contribution in [2.45, 2.75) is 71.8 Å². The van der Waals surface area contributed by atoms with Gasteiger partial charge in [0.05, 0.1) is 0 Å². The summed E-state index contributed by atoms with van der Waals surface area (Å²) in [5, 5.41) is 0. The van der Waals surface area contributed by atoms with Crippen LogP contribution >= 0.6 is 0 Å². The van der Waals surface area contributed by atoms with Crippen LogP contribution in [-0.2, 0) is 19.1 Å². The lowest BCUT2D eigenvalue weighted by Crippen LogP contribution is -2.58. The maximum atomic E-state index is 12.8. The molecule has 28 heavy (non-hydrogen) atoms. The Hall–Kier alpha value is -1.45. The average molecular weight is 385 g/mol. The van der Waals surface area contributed by atoms with E-state index in [0.29, 0.717) is 47.7 Å². The molecule has 0 aliphatic heterocycles. The van der Waals surface area contributed by atoms with Crippen LogP contribution in [0.5, 0.6) is 0 Å². The molecule has 5 aliphatic rings. The number of Topliss-reactive ketones (excluding diaryl/α,β-unsaturated/α-hetero) is 1. The number of fused-ring (bicyclic) bond motifs is 7. The fourth-order valence-corrected chi connectivity index (χ4v) is 8.30. The van der Waals surface area contributed by atoms with Gasteiger partial charge in [-0.3, -0.25) is 14.4 Å². The average Bonchev–Trinajstić information content (AvgIpc) is 3.35. The normalized spacial score (nSPS) is 51.2. The molecule has 152 valence electrons. The van der Waals surface area contributed by atoms with E-state index in [1.54, 1.807) is 6.92 Å². The number of hydrogen-bond acceptors (Lipinski definition) is 4. The quantitative estimate of drug-likeness (QED) is 0.672. The minimum Gasteiger partial charge on any atom is -0.451 e. The Morgan fingerprint density at radius 3 is 2.50 bits per heavy atom. The fraction of sp³-hybridized carbons (Fsp3) is 0.792. The molecule has 0 N–H and O–H groups in total. The number of allylic oxidation sites excluding steroid dienone is 1. The first kappa shape index (κ1) is 18.6. The summed E-state index contributed by atoms with van der Waals surface area (Å²) in [6.07, 6.45) is 7.84. The van der Waals surface area contributed by atoms with Crippen LogP contribution in [0.15, 0.2) is 11.6 Å². The van der Waals surface area contributed by atoms with Crippen LogP contribution < -0.4 is 0 Å². The van der Waals surface area contributed by atoms with Crippen molar-refractivity contribution in [3.05, 3.63) is 11.6 Å². The van der Waals surface area contributed by atoms with Crippen molar-refractivity contribution in [1.82, 2.24) is 0 Å². The number of esters is 1. The van der Waals surface area contributed by atoms with Crippen LogP contribution in [0.25, 0.3) is 0 Å². The Balaban J connectivity index is 1.51. The molecule has 9 atom stereocenters. The van der Waals surface area contributed by atoms with E-state index in [-0.39, 0.29) is 23.1 Å². The van der Waals surface area contributed by atoms with Crippen LogP contribution in [0, 0.1) is 46.8 Å². The van der Waals surface area contributed by atoms with Crippen molar-refractivity contribution in [2.24, 2.45) is 46.8 Å². The summed E-state index contributed by atoms with van der Waals surface area (Å²) < 4.78 is 5.84. The summed E-state index contributed by atoms with van der Waals surface area (Å²) in [7, 11) is 0. The molecule has 4 fully saturated rings. The van der Waals surface area contributed by atoms with Gasteiger partial charge in [-0.1, -0.05) is 19.4 Å². The smallest absolute Gasteiger partial charge is 0.303 e. The highest BCUT2D eigenvalue weighted by molar-refractivity contribution is 5.96. The molecule has 0 heterocycles. The second-order valence-corrected chi connectivity index (χ2v) is 10.6. The molecule has 0 saturated heterocycles. The summed E-state index contributed by atoms with van der Waals surface area (Å²) in [6.45, 7) is 7.54. The maximum Gasteiger partial charge on any atom is 0.303 e. The second kappa shape index (κ2) is 5.79. The van der Waals surface area contributed by atoms with Gasteiger partial charge in [-0.2, -0.15) is 0 Å². The van der Waals surface area contributed by atoms with Gasteiger partial charge >= 0.3 is 5.97 Å². The molecule has 5 aliphatic carbocycles. The van der Waals surface area contributed by atoms with Crippen LogP contribution in [0.4, 0.5) is 0 Å². The number of rotatable bonds is 2. The van der Waals surface area contributed by atoms with Crippen LogP contribution in [-0.4, -0.2) is 23.1 Å². The molecule has 0 amide bonds. The van der Waals surface area contributed by atoms with Gasteiger partial charge in [-0.25, -0.2) is 0 Å². The van der Waals surface area contributed by atoms with Crippen molar-refractivity contribution in [1.29, 1.82) is 0 Å². The maximum absolute atomic E-state index is 12.8. The van der Waals surface area contributed by atoms with E-state index < -0.39 is 5.60 Å². The van der Waals surface area contributed by atoms with Crippen molar-refractivity contribution >= 4 is 17.5 Å². The van der Waals surface area contributed by atoms with Crippen molar-refractivity contribution < 1.29 is 19.1 Å². The SMILES string of the molecule is CC(=O)O[C@]1(C(C)=O)CC[C@H]2[C@@H]3C[C@H](C)C4=CC(=O)[C@@H]5C[C@@H]5[C@@H]4[C@H]3CC[C@@]21C. The van der Waals surface area contributed by atoms with Gasteiger partial charge in [-0.05, 0) is 87.0 Å². The number of carbonyl (C=O) groups is 3. The third kappa shape index (κ3) is 2.21. The minimum atomic E-state index is -0.946. The number of ether oxygens (including phenoxy) is 1. The summed E-state index contributed by atoms with van der Waals surface area (Å²) in [4.78, 5) is 37.0. The lowest BCUT2D eigenvalue weighted by Gasteiger charge is -2.56. The Morgan fingerprint density at radius 2 is 1.82 bits per heavy atom. The molecular formula is C24H32O4. The van der Waals surface area contributed by atoms with E-state index in [0.717, 1.165) is 32.1 Å². The molecule has 0 bridgehead atoms. The summed E-state index contributed by atoms with van der Waals surface area (Å²) >= 11 is 0. The minimum absolute atomic E-state index is 0.0149. The van der Waals surface area contributed by atoms with Crippen molar-refractivity contribution in [3.8, 4) is 0 Å². The largest absolute Gasteiger partial charge is 0.451 e. The van der Waals surface area contributed by atoms with Crippen molar-refractivity contribution in [2.75, 3.05) is 0 Å². The van der Waals surface area contributed by atoms with E-state index in [9.17, 15) is 14.4 Å². The summed E-state index contributed by atoms with van der Waals surface area (Å²) in [6, 6.07) is 0. The highest BCUT2D eigenvalue weighted by Crippen LogP contribution is 2.69. The molecule has 0 unspecified atom stereocenters. The molecule has 4 saturated carbocycles. The summed E-state index contributed by atoms with van der Waals surface area (Å²) in [5.74, 6) is 3.54. The van der Waals surface area contributed by atoms with Gasteiger partial charge in [0.1, 0.15) is 0 Å². The highest BCUT2D eigenvalue weighted by Gasteiger charge is 2.68. The zero-order chi connectivity index (χ0) is 20.0. The topological polar surface area (TPSA) is 60.4 Å². The van der Waals surface area contributed by atoms with Gasteiger partial charge in [0.15, 0.2) is 17.2 Å².